The quantitative estimate of drug-likeness (QED) is 0.743. The van der Waals surface area contributed by atoms with Crippen molar-refractivity contribution in [3.63, 3.8) is 0 Å². The van der Waals surface area contributed by atoms with Gasteiger partial charge in [0.15, 0.2) is 0 Å². The third-order valence-electron chi connectivity index (χ3n) is 3.13. The van der Waals surface area contributed by atoms with E-state index in [1.54, 1.807) is 12.3 Å². The Morgan fingerprint density at radius 1 is 1.40 bits per heavy atom. The molecule has 0 amide bonds. The molecule has 0 bridgehead atoms. The summed E-state index contributed by atoms with van der Waals surface area (Å²) in [6, 6.07) is 1.80. The highest BCUT2D eigenvalue weighted by Gasteiger charge is 2.21. The van der Waals surface area contributed by atoms with Gasteiger partial charge in [0.1, 0.15) is 0 Å². The summed E-state index contributed by atoms with van der Waals surface area (Å²) >= 11 is 3.38. The molecule has 0 aromatic carbocycles. The van der Waals surface area contributed by atoms with Gasteiger partial charge in [0.2, 0.25) is 11.8 Å². The van der Waals surface area contributed by atoms with Crippen LogP contribution in [0.3, 0.4) is 0 Å². The molecule has 0 unspecified atom stereocenters. The van der Waals surface area contributed by atoms with Crippen molar-refractivity contribution >= 4 is 21.9 Å². The van der Waals surface area contributed by atoms with Gasteiger partial charge in [-0.25, -0.2) is 4.98 Å². The summed E-state index contributed by atoms with van der Waals surface area (Å²) in [6.07, 6.45) is 4.28. The number of anilines is 1. The van der Waals surface area contributed by atoms with Crippen molar-refractivity contribution in [2.75, 3.05) is 29.9 Å². The Balaban J connectivity index is 1.89. The summed E-state index contributed by atoms with van der Waals surface area (Å²) in [6.45, 7) is 6.62. The lowest BCUT2D eigenvalue weighted by molar-refractivity contribution is 0.0479. The summed E-state index contributed by atoms with van der Waals surface area (Å²) in [5, 5.41) is 0.894. The fourth-order valence-corrected chi connectivity index (χ4v) is 2.41. The Morgan fingerprint density at radius 3 is 2.80 bits per heavy atom. The molecule has 1 saturated heterocycles. The predicted octanol–water partition coefficient (Wildman–Crippen LogP) is 2.64. The average molecular weight is 344 g/mol. The normalized spacial score (nSPS) is 16.7. The number of nitrogens with zero attached hydrogens (tertiary/aromatic N) is 3. The zero-order valence-electron chi connectivity index (χ0n) is 12.1. The van der Waals surface area contributed by atoms with Crippen LogP contribution in [0.5, 0.6) is 5.88 Å². The summed E-state index contributed by atoms with van der Waals surface area (Å²) in [5.41, 5.74) is 0. The number of ether oxygens (including phenoxy) is 2. The van der Waals surface area contributed by atoms with Crippen molar-refractivity contribution in [1.82, 2.24) is 9.97 Å². The number of halogens is 1. The second kappa shape index (κ2) is 7.78. The molecule has 1 aromatic heterocycles. The molecule has 5 nitrogen and oxygen atoms in total. The number of hydrogen-bond acceptors (Lipinski definition) is 5. The summed E-state index contributed by atoms with van der Waals surface area (Å²) in [7, 11) is 0. The van der Waals surface area contributed by atoms with E-state index in [0.29, 0.717) is 12.0 Å². The maximum atomic E-state index is 5.75. The van der Waals surface area contributed by atoms with Crippen molar-refractivity contribution in [2.45, 2.75) is 38.9 Å². The lowest BCUT2D eigenvalue weighted by Gasteiger charge is -2.31. The monoisotopic (exact) mass is 343 g/mol. The van der Waals surface area contributed by atoms with Gasteiger partial charge in [0.05, 0.1) is 18.8 Å². The minimum Gasteiger partial charge on any atom is -0.475 e. The van der Waals surface area contributed by atoms with E-state index in [4.69, 9.17) is 9.47 Å². The van der Waals surface area contributed by atoms with E-state index in [1.807, 2.05) is 13.8 Å². The minimum absolute atomic E-state index is 0.126. The fourth-order valence-electron chi connectivity index (χ4n) is 2.23. The standard InChI is InChI=1S/C14H22BrN3O2/c1-11(2)20-13-3-7-16-14(17-13)18-8-4-12(5-9-18)19-10-6-15/h3,7,11-12H,4-6,8-10H2,1-2H3. The predicted molar refractivity (Wildman–Crippen MR) is 82.8 cm³/mol. The first-order valence-electron chi connectivity index (χ1n) is 7.11. The van der Waals surface area contributed by atoms with Crippen LogP contribution in [0.25, 0.3) is 0 Å². The lowest BCUT2D eigenvalue weighted by Crippen LogP contribution is -2.38. The molecular formula is C14H22BrN3O2. The molecule has 2 heterocycles. The van der Waals surface area contributed by atoms with Crippen molar-refractivity contribution < 1.29 is 9.47 Å². The van der Waals surface area contributed by atoms with Gasteiger partial charge < -0.3 is 14.4 Å². The van der Waals surface area contributed by atoms with Crippen LogP contribution in [0.2, 0.25) is 0 Å². The van der Waals surface area contributed by atoms with Gasteiger partial charge >= 0.3 is 0 Å². The van der Waals surface area contributed by atoms with Crippen molar-refractivity contribution in [1.29, 1.82) is 0 Å². The third-order valence-corrected chi connectivity index (χ3v) is 3.45. The van der Waals surface area contributed by atoms with E-state index in [1.165, 1.54) is 0 Å². The van der Waals surface area contributed by atoms with Crippen LogP contribution in [0.4, 0.5) is 5.95 Å². The minimum atomic E-state index is 0.126. The van der Waals surface area contributed by atoms with Crippen LogP contribution in [-0.2, 0) is 4.74 Å². The van der Waals surface area contributed by atoms with Crippen LogP contribution in [0.15, 0.2) is 12.3 Å². The molecule has 1 aliphatic rings. The third kappa shape index (κ3) is 4.59. The number of aromatic nitrogens is 2. The molecule has 0 N–H and O–H groups in total. The summed E-state index contributed by atoms with van der Waals surface area (Å²) < 4.78 is 11.4. The first kappa shape index (κ1) is 15.5. The SMILES string of the molecule is CC(C)Oc1ccnc(N2CCC(OCCBr)CC2)n1. The van der Waals surface area contributed by atoms with Crippen LogP contribution < -0.4 is 9.64 Å². The maximum absolute atomic E-state index is 5.75. The molecule has 0 spiro atoms. The van der Waals surface area contributed by atoms with Crippen molar-refractivity contribution in [3.05, 3.63) is 12.3 Å². The highest BCUT2D eigenvalue weighted by molar-refractivity contribution is 9.09. The zero-order chi connectivity index (χ0) is 14.4. The smallest absolute Gasteiger partial charge is 0.228 e. The molecule has 0 aliphatic carbocycles. The van der Waals surface area contributed by atoms with Gasteiger partial charge in [-0.15, -0.1) is 0 Å². The van der Waals surface area contributed by atoms with Crippen LogP contribution in [-0.4, -0.2) is 47.2 Å². The topological polar surface area (TPSA) is 47.5 Å². The van der Waals surface area contributed by atoms with Gasteiger partial charge in [-0.3, -0.25) is 0 Å². The number of alkyl halides is 1. The highest BCUT2D eigenvalue weighted by atomic mass is 79.9. The molecule has 1 fully saturated rings. The van der Waals surface area contributed by atoms with E-state index in [9.17, 15) is 0 Å². The van der Waals surface area contributed by atoms with Crippen LogP contribution in [0.1, 0.15) is 26.7 Å². The van der Waals surface area contributed by atoms with Crippen molar-refractivity contribution in [2.24, 2.45) is 0 Å². The Kier molecular flexibility index (Phi) is 6.04. The van der Waals surface area contributed by atoms with E-state index >= 15 is 0 Å². The van der Waals surface area contributed by atoms with Gasteiger partial charge in [-0.1, -0.05) is 15.9 Å². The second-order valence-electron chi connectivity index (χ2n) is 5.11. The molecule has 0 saturated carbocycles. The molecule has 20 heavy (non-hydrogen) atoms. The van der Waals surface area contributed by atoms with E-state index < -0.39 is 0 Å². The molecule has 1 aliphatic heterocycles. The molecular weight excluding hydrogens is 322 g/mol. The van der Waals surface area contributed by atoms with Gasteiger partial charge in [-0.2, -0.15) is 4.98 Å². The number of rotatable bonds is 6. The molecule has 1 aromatic rings. The van der Waals surface area contributed by atoms with E-state index in [0.717, 1.165) is 43.8 Å². The fraction of sp³-hybridized carbons (Fsp3) is 0.714. The Hall–Kier alpha value is -0.880. The van der Waals surface area contributed by atoms with Crippen LogP contribution in [0, 0.1) is 0 Å². The zero-order valence-corrected chi connectivity index (χ0v) is 13.7. The van der Waals surface area contributed by atoms with E-state index in [-0.39, 0.29) is 6.10 Å². The molecule has 0 atom stereocenters. The first-order chi connectivity index (χ1) is 9.69. The van der Waals surface area contributed by atoms with Gasteiger partial charge in [0.25, 0.3) is 0 Å². The average Bonchev–Trinajstić information content (AvgIpc) is 2.45. The molecule has 2 rings (SSSR count). The van der Waals surface area contributed by atoms with Crippen molar-refractivity contribution in [3.8, 4) is 5.88 Å². The number of piperidine rings is 1. The van der Waals surface area contributed by atoms with E-state index in [2.05, 4.69) is 30.8 Å². The first-order valence-corrected chi connectivity index (χ1v) is 8.23. The second-order valence-corrected chi connectivity index (χ2v) is 5.90. The maximum Gasteiger partial charge on any atom is 0.228 e. The Labute approximate surface area is 128 Å². The van der Waals surface area contributed by atoms with Gasteiger partial charge in [-0.05, 0) is 26.7 Å². The summed E-state index contributed by atoms with van der Waals surface area (Å²) in [5.74, 6) is 1.39. The highest BCUT2D eigenvalue weighted by Crippen LogP contribution is 2.20. The number of hydrogen-bond donors (Lipinski definition) is 0. The largest absolute Gasteiger partial charge is 0.475 e. The Morgan fingerprint density at radius 2 is 2.15 bits per heavy atom. The lowest BCUT2D eigenvalue weighted by atomic mass is 10.1. The van der Waals surface area contributed by atoms with Crippen LogP contribution >= 0.6 is 15.9 Å². The molecule has 0 radical (unpaired) electrons. The Bertz CT molecular complexity index is 409. The summed E-state index contributed by atoms with van der Waals surface area (Å²) in [4.78, 5) is 11.0. The molecule has 112 valence electrons. The molecule has 6 heteroatoms. The van der Waals surface area contributed by atoms with Gasteiger partial charge in [0, 0.05) is 30.7 Å².